The minimum absolute atomic E-state index is 0.0505. The lowest BCUT2D eigenvalue weighted by Gasteiger charge is -2.02. The molecule has 24 heavy (non-hydrogen) atoms. The highest BCUT2D eigenvalue weighted by Gasteiger charge is 2.07. The average molecular weight is 321 g/mol. The van der Waals surface area contributed by atoms with Gasteiger partial charge in [-0.3, -0.25) is 15.5 Å². The summed E-state index contributed by atoms with van der Waals surface area (Å²) in [4.78, 5) is 10.2. The molecule has 3 aromatic rings. The van der Waals surface area contributed by atoms with E-state index >= 15 is 0 Å². The number of nitrogens with zero attached hydrogens (tertiary/aromatic N) is 2. The number of nitrogens with one attached hydrogen (secondary N) is 1. The number of para-hydroxylation sites is 1. The molecule has 0 radical (unpaired) electrons. The van der Waals surface area contributed by atoms with Crippen LogP contribution in [0.3, 0.4) is 0 Å². The molecule has 0 aliphatic carbocycles. The van der Waals surface area contributed by atoms with Gasteiger partial charge in [0.15, 0.2) is 0 Å². The first kappa shape index (κ1) is 15.5. The smallest absolute Gasteiger partial charge is 0.269 e. The van der Waals surface area contributed by atoms with E-state index in [1.165, 1.54) is 12.1 Å². The van der Waals surface area contributed by atoms with E-state index in [1.807, 2.05) is 31.2 Å². The molecule has 1 aromatic heterocycles. The second-order valence-corrected chi connectivity index (χ2v) is 5.19. The quantitative estimate of drug-likeness (QED) is 0.423. The number of hydrazone groups is 1. The molecule has 2 aromatic carbocycles. The van der Waals surface area contributed by atoms with Crippen LogP contribution in [0.15, 0.2) is 70.2 Å². The van der Waals surface area contributed by atoms with Crippen LogP contribution in [0.2, 0.25) is 0 Å². The topological polar surface area (TPSA) is 80.7 Å². The first-order valence-electron chi connectivity index (χ1n) is 7.33. The van der Waals surface area contributed by atoms with Crippen LogP contribution in [0.25, 0.3) is 11.3 Å². The molecule has 120 valence electrons. The van der Waals surface area contributed by atoms with Crippen molar-refractivity contribution in [2.45, 2.75) is 6.92 Å². The van der Waals surface area contributed by atoms with E-state index in [2.05, 4.69) is 10.5 Å². The Labute approximate surface area is 138 Å². The number of hydrogen-bond acceptors (Lipinski definition) is 5. The molecule has 0 aliphatic rings. The highest BCUT2D eigenvalue weighted by atomic mass is 16.6. The molecule has 3 rings (SSSR count). The third-order valence-corrected chi connectivity index (χ3v) is 3.51. The second-order valence-electron chi connectivity index (χ2n) is 5.19. The fraction of sp³-hybridized carbons (Fsp3) is 0.0556. The number of hydrogen-bond donors (Lipinski definition) is 1. The Morgan fingerprint density at radius 2 is 1.83 bits per heavy atom. The molecule has 1 N–H and O–H groups in total. The van der Waals surface area contributed by atoms with Gasteiger partial charge in [-0.1, -0.05) is 18.2 Å². The van der Waals surface area contributed by atoms with Gasteiger partial charge in [0.25, 0.3) is 5.69 Å². The third kappa shape index (κ3) is 3.49. The maximum atomic E-state index is 10.7. The Kier molecular flexibility index (Phi) is 4.38. The van der Waals surface area contributed by atoms with Gasteiger partial charge >= 0.3 is 0 Å². The molecule has 6 heteroatoms. The summed E-state index contributed by atoms with van der Waals surface area (Å²) in [5.74, 6) is 1.21. The summed E-state index contributed by atoms with van der Waals surface area (Å²) < 4.78 is 5.68. The average Bonchev–Trinajstić information content (AvgIpc) is 3.05. The van der Waals surface area contributed by atoms with E-state index in [-0.39, 0.29) is 5.69 Å². The van der Waals surface area contributed by atoms with E-state index in [0.717, 1.165) is 16.8 Å². The van der Waals surface area contributed by atoms with Crippen LogP contribution in [0, 0.1) is 17.0 Å². The zero-order valence-electron chi connectivity index (χ0n) is 13.0. The molecule has 0 unspecified atom stereocenters. The van der Waals surface area contributed by atoms with Gasteiger partial charge in [-0.15, -0.1) is 0 Å². The van der Waals surface area contributed by atoms with Gasteiger partial charge in [-0.05, 0) is 42.8 Å². The largest absolute Gasteiger partial charge is 0.455 e. The third-order valence-electron chi connectivity index (χ3n) is 3.51. The van der Waals surface area contributed by atoms with Crippen molar-refractivity contribution in [3.8, 4) is 11.3 Å². The fourth-order valence-electron chi connectivity index (χ4n) is 2.19. The van der Waals surface area contributed by atoms with Crippen LogP contribution < -0.4 is 5.43 Å². The van der Waals surface area contributed by atoms with E-state index < -0.39 is 4.92 Å². The lowest BCUT2D eigenvalue weighted by Crippen LogP contribution is -1.91. The zero-order chi connectivity index (χ0) is 16.9. The van der Waals surface area contributed by atoms with Gasteiger partial charge in [0, 0.05) is 17.7 Å². The molecule has 0 saturated carbocycles. The second kappa shape index (κ2) is 6.78. The maximum Gasteiger partial charge on any atom is 0.269 e. The van der Waals surface area contributed by atoms with Crippen LogP contribution in [0.1, 0.15) is 11.3 Å². The summed E-state index contributed by atoms with van der Waals surface area (Å²) in [6.45, 7) is 2.00. The number of anilines is 1. The fourth-order valence-corrected chi connectivity index (χ4v) is 2.19. The summed E-state index contributed by atoms with van der Waals surface area (Å²) in [6, 6.07) is 17.6. The van der Waals surface area contributed by atoms with Gasteiger partial charge in [0.05, 0.1) is 16.8 Å². The van der Waals surface area contributed by atoms with E-state index in [1.54, 1.807) is 30.5 Å². The molecule has 0 fully saturated rings. The van der Waals surface area contributed by atoms with E-state index in [9.17, 15) is 10.1 Å². The minimum atomic E-state index is -0.429. The van der Waals surface area contributed by atoms with Gasteiger partial charge in [-0.2, -0.15) is 5.10 Å². The highest BCUT2D eigenvalue weighted by molar-refractivity contribution is 5.78. The van der Waals surface area contributed by atoms with Gasteiger partial charge in [-0.25, -0.2) is 0 Å². The Morgan fingerprint density at radius 3 is 2.54 bits per heavy atom. The number of rotatable bonds is 5. The number of nitro benzene ring substituents is 1. The SMILES string of the molecule is Cc1ccccc1N/N=C\c1ccc(-c2ccc([N+](=O)[O-])cc2)o1. The lowest BCUT2D eigenvalue weighted by atomic mass is 10.1. The normalized spacial score (nSPS) is 10.9. The highest BCUT2D eigenvalue weighted by Crippen LogP contribution is 2.24. The lowest BCUT2D eigenvalue weighted by molar-refractivity contribution is -0.384. The monoisotopic (exact) mass is 321 g/mol. The van der Waals surface area contributed by atoms with Crippen molar-refractivity contribution in [1.29, 1.82) is 0 Å². The molecular formula is C18H15N3O3. The number of furan rings is 1. The van der Waals surface area contributed by atoms with Crippen LogP contribution in [-0.4, -0.2) is 11.1 Å². The summed E-state index contributed by atoms with van der Waals surface area (Å²) in [7, 11) is 0. The van der Waals surface area contributed by atoms with Crippen LogP contribution >= 0.6 is 0 Å². The minimum Gasteiger partial charge on any atom is -0.455 e. The van der Waals surface area contributed by atoms with Crippen molar-refractivity contribution in [2.24, 2.45) is 5.10 Å². The Morgan fingerprint density at radius 1 is 1.08 bits per heavy atom. The summed E-state index contributed by atoms with van der Waals surface area (Å²) >= 11 is 0. The van der Waals surface area contributed by atoms with Gasteiger partial charge in [0.1, 0.15) is 11.5 Å². The molecule has 0 atom stereocenters. The number of nitro groups is 1. The van der Waals surface area contributed by atoms with Crippen LogP contribution in [0.4, 0.5) is 11.4 Å². The Balaban J connectivity index is 1.70. The van der Waals surface area contributed by atoms with Crippen molar-refractivity contribution in [2.75, 3.05) is 5.43 Å². The first-order valence-corrected chi connectivity index (χ1v) is 7.33. The van der Waals surface area contributed by atoms with Crippen molar-refractivity contribution in [3.05, 3.63) is 82.1 Å². The van der Waals surface area contributed by atoms with Gasteiger partial charge < -0.3 is 4.42 Å². The number of benzene rings is 2. The molecule has 6 nitrogen and oxygen atoms in total. The summed E-state index contributed by atoms with van der Waals surface area (Å²) in [5.41, 5.74) is 5.81. The Bertz CT molecular complexity index is 883. The summed E-state index contributed by atoms with van der Waals surface area (Å²) in [5, 5.41) is 14.8. The standard InChI is InChI=1S/C18H15N3O3/c1-13-4-2-3-5-17(13)20-19-12-16-10-11-18(24-16)14-6-8-15(9-7-14)21(22)23/h2-12,20H,1H3/b19-12-. The molecule has 0 spiro atoms. The van der Waals surface area contributed by atoms with Crippen LogP contribution in [-0.2, 0) is 0 Å². The molecule has 0 aliphatic heterocycles. The number of non-ortho nitro benzene ring substituents is 1. The van der Waals surface area contributed by atoms with Crippen molar-refractivity contribution in [1.82, 2.24) is 0 Å². The van der Waals surface area contributed by atoms with Gasteiger partial charge in [0.2, 0.25) is 0 Å². The van der Waals surface area contributed by atoms with E-state index in [0.29, 0.717) is 11.5 Å². The molecular weight excluding hydrogens is 306 g/mol. The molecule has 0 saturated heterocycles. The van der Waals surface area contributed by atoms with Crippen molar-refractivity contribution >= 4 is 17.6 Å². The molecule has 0 bridgehead atoms. The Hall–Kier alpha value is -3.41. The predicted octanol–water partition coefficient (Wildman–Crippen LogP) is 4.61. The van der Waals surface area contributed by atoms with E-state index in [4.69, 9.17) is 4.42 Å². The zero-order valence-corrected chi connectivity index (χ0v) is 13.0. The molecule has 0 amide bonds. The molecule has 1 heterocycles. The number of aryl methyl sites for hydroxylation is 1. The predicted molar refractivity (Wildman–Crippen MR) is 93.2 cm³/mol. The van der Waals surface area contributed by atoms with Crippen molar-refractivity contribution in [3.63, 3.8) is 0 Å². The maximum absolute atomic E-state index is 10.7. The summed E-state index contributed by atoms with van der Waals surface area (Å²) in [6.07, 6.45) is 1.58. The van der Waals surface area contributed by atoms with Crippen LogP contribution in [0.5, 0.6) is 0 Å². The van der Waals surface area contributed by atoms with Crippen molar-refractivity contribution < 1.29 is 9.34 Å². The first-order chi connectivity index (χ1) is 11.6.